The van der Waals surface area contributed by atoms with Crippen LogP contribution in [0.25, 0.3) is 0 Å². The minimum absolute atomic E-state index is 0.0960. The highest BCUT2D eigenvalue weighted by atomic mass is 16.5. The second-order valence-corrected chi connectivity index (χ2v) is 6.54. The Morgan fingerprint density at radius 2 is 2.04 bits per heavy atom. The molecule has 24 heavy (non-hydrogen) atoms. The molecule has 0 bridgehead atoms. The monoisotopic (exact) mass is 333 g/mol. The van der Waals surface area contributed by atoms with E-state index in [1.54, 1.807) is 37.3 Å². The zero-order valence-electron chi connectivity index (χ0n) is 14.0. The van der Waals surface area contributed by atoms with Crippen molar-refractivity contribution >= 4 is 11.9 Å². The summed E-state index contributed by atoms with van der Waals surface area (Å²) in [6, 6.07) is 4.60. The number of hydrogen-bond acceptors (Lipinski definition) is 4. The van der Waals surface area contributed by atoms with Crippen molar-refractivity contribution in [2.75, 3.05) is 20.8 Å². The number of carboxylic acids is 1. The minimum atomic E-state index is -0.893. The Labute approximate surface area is 141 Å². The molecule has 130 valence electrons. The predicted molar refractivity (Wildman–Crippen MR) is 87.2 cm³/mol. The van der Waals surface area contributed by atoms with E-state index >= 15 is 0 Å². The summed E-state index contributed by atoms with van der Waals surface area (Å²) in [6.07, 6.45) is 3.09. The third-order valence-electron chi connectivity index (χ3n) is 5.29. The lowest BCUT2D eigenvalue weighted by molar-refractivity contribution is -0.149. The Balaban J connectivity index is 1.81. The van der Waals surface area contributed by atoms with Gasteiger partial charge in [0, 0.05) is 12.1 Å². The summed E-state index contributed by atoms with van der Waals surface area (Å²) in [5, 5.41) is 9.59. The van der Waals surface area contributed by atoms with Crippen LogP contribution in [0.1, 0.15) is 24.8 Å². The first-order valence-electron chi connectivity index (χ1n) is 8.28. The van der Waals surface area contributed by atoms with Gasteiger partial charge in [-0.2, -0.15) is 0 Å². The van der Waals surface area contributed by atoms with E-state index < -0.39 is 12.0 Å². The average Bonchev–Trinajstić information content (AvgIpc) is 3.14. The van der Waals surface area contributed by atoms with Crippen LogP contribution in [-0.2, 0) is 16.0 Å². The molecule has 0 radical (unpaired) electrons. The Kier molecular flexibility index (Phi) is 4.64. The quantitative estimate of drug-likeness (QED) is 0.891. The highest BCUT2D eigenvalue weighted by Crippen LogP contribution is 2.42. The van der Waals surface area contributed by atoms with E-state index in [1.165, 1.54) is 0 Å². The molecule has 1 saturated heterocycles. The van der Waals surface area contributed by atoms with Gasteiger partial charge < -0.3 is 19.5 Å². The lowest BCUT2D eigenvalue weighted by Gasteiger charge is -2.25. The van der Waals surface area contributed by atoms with Gasteiger partial charge in [0.15, 0.2) is 0 Å². The summed E-state index contributed by atoms with van der Waals surface area (Å²) in [5.41, 5.74) is 0.711. The molecule has 1 aromatic carbocycles. The van der Waals surface area contributed by atoms with Crippen LogP contribution in [0.5, 0.6) is 11.5 Å². The molecule has 1 heterocycles. The van der Waals surface area contributed by atoms with Crippen molar-refractivity contribution in [2.24, 2.45) is 11.8 Å². The second kappa shape index (κ2) is 6.71. The molecule has 1 saturated carbocycles. The van der Waals surface area contributed by atoms with Gasteiger partial charge in [-0.05, 0) is 42.9 Å². The van der Waals surface area contributed by atoms with Crippen molar-refractivity contribution in [3.05, 3.63) is 23.8 Å². The zero-order chi connectivity index (χ0) is 17.3. The number of aliphatic carboxylic acids is 1. The van der Waals surface area contributed by atoms with Gasteiger partial charge in [-0.15, -0.1) is 0 Å². The fraction of sp³-hybridized carbons (Fsp3) is 0.556. The van der Waals surface area contributed by atoms with Crippen molar-refractivity contribution in [2.45, 2.75) is 31.7 Å². The van der Waals surface area contributed by atoms with Gasteiger partial charge in [0.05, 0.1) is 20.6 Å². The SMILES string of the molecule is COc1ccc(OC)c(CC(=O)N2CC3CCCC3C2C(=O)O)c1. The first-order chi connectivity index (χ1) is 11.5. The number of methoxy groups -OCH3 is 2. The van der Waals surface area contributed by atoms with Gasteiger partial charge in [0.25, 0.3) is 0 Å². The van der Waals surface area contributed by atoms with Gasteiger partial charge in [-0.1, -0.05) is 6.42 Å². The largest absolute Gasteiger partial charge is 0.497 e. The van der Waals surface area contributed by atoms with Crippen molar-refractivity contribution in [1.82, 2.24) is 4.90 Å². The molecule has 1 aromatic rings. The highest BCUT2D eigenvalue weighted by Gasteiger charge is 2.49. The van der Waals surface area contributed by atoms with Gasteiger partial charge >= 0.3 is 5.97 Å². The maximum absolute atomic E-state index is 12.8. The van der Waals surface area contributed by atoms with Gasteiger partial charge in [0.2, 0.25) is 5.91 Å². The Morgan fingerprint density at radius 3 is 2.71 bits per heavy atom. The zero-order valence-corrected chi connectivity index (χ0v) is 14.0. The standard InChI is InChI=1S/C18H23NO5/c1-23-13-6-7-15(24-2)12(8-13)9-16(20)19-10-11-4-3-5-14(11)17(19)18(21)22/h6-8,11,14,17H,3-5,9-10H2,1-2H3,(H,21,22). The summed E-state index contributed by atoms with van der Waals surface area (Å²) < 4.78 is 10.5. The van der Waals surface area contributed by atoms with Crippen molar-refractivity contribution in [3.63, 3.8) is 0 Å². The maximum atomic E-state index is 12.8. The first kappa shape index (κ1) is 16.6. The molecule has 1 aliphatic carbocycles. The van der Waals surface area contributed by atoms with E-state index in [1.807, 2.05) is 0 Å². The van der Waals surface area contributed by atoms with Crippen LogP contribution in [0.3, 0.4) is 0 Å². The lowest BCUT2D eigenvalue weighted by atomic mass is 9.94. The summed E-state index contributed by atoms with van der Waals surface area (Å²) in [6.45, 7) is 0.548. The molecule has 1 amide bonds. The third kappa shape index (κ3) is 2.92. The van der Waals surface area contributed by atoms with Crippen LogP contribution >= 0.6 is 0 Å². The number of carboxylic acid groups (broad SMARTS) is 1. The highest BCUT2D eigenvalue weighted by molar-refractivity contribution is 5.86. The van der Waals surface area contributed by atoms with E-state index in [0.717, 1.165) is 19.3 Å². The maximum Gasteiger partial charge on any atom is 0.326 e. The van der Waals surface area contributed by atoms with E-state index in [2.05, 4.69) is 0 Å². The predicted octanol–water partition coefficient (Wildman–Crippen LogP) is 1.96. The molecule has 1 N–H and O–H groups in total. The number of ether oxygens (including phenoxy) is 2. The molecule has 0 aromatic heterocycles. The summed E-state index contributed by atoms with van der Waals surface area (Å²) in [4.78, 5) is 26.0. The molecular formula is C18H23NO5. The summed E-state index contributed by atoms with van der Waals surface area (Å²) in [7, 11) is 3.12. The second-order valence-electron chi connectivity index (χ2n) is 6.54. The Hall–Kier alpha value is -2.24. The van der Waals surface area contributed by atoms with Crippen molar-refractivity contribution in [3.8, 4) is 11.5 Å². The third-order valence-corrected chi connectivity index (χ3v) is 5.29. The van der Waals surface area contributed by atoms with E-state index in [4.69, 9.17) is 9.47 Å². The van der Waals surface area contributed by atoms with E-state index in [9.17, 15) is 14.7 Å². The molecule has 3 rings (SSSR count). The Bertz CT molecular complexity index is 644. The summed E-state index contributed by atoms with van der Waals surface area (Å²) in [5.74, 6) is 0.613. The normalized spacial score (nSPS) is 25.4. The number of likely N-dealkylation sites (tertiary alicyclic amines) is 1. The topological polar surface area (TPSA) is 76.1 Å². The lowest BCUT2D eigenvalue weighted by Crippen LogP contribution is -2.44. The van der Waals surface area contributed by atoms with Crippen LogP contribution in [0, 0.1) is 11.8 Å². The number of nitrogens with zero attached hydrogens (tertiary/aromatic N) is 1. The smallest absolute Gasteiger partial charge is 0.326 e. The number of benzene rings is 1. The molecule has 2 aliphatic rings. The van der Waals surface area contributed by atoms with E-state index in [0.29, 0.717) is 29.5 Å². The molecule has 2 fully saturated rings. The van der Waals surface area contributed by atoms with E-state index in [-0.39, 0.29) is 18.2 Å². The van der Waals surface area contributed by atoms with Crippen LogP contribution in [0.4, 0.5) is 0 Å². The van der Waals surface area contributed by atoms with Crippen LogP contribution in [0.15, 0.2) is 18.2 Å². The molecule has 3 atom stereocenters. The minimum Gasteiger partial charge on any atom is -0.497 e. The molecule has 3 unspecified atom stereocenters. The Morgan fingerprint density at radius 1 is 1.25 bits per heavy atom. The number of fused-ring (bicyclic) bond motifs is 1. The van der Waals surface area contributed by atoms with Crippen LogP contribution in [0.2, 0.25) is 0 Å². The van der Waals surface area contributed by atoms with Crippen LogP contribution < -0.4 is 9.47 Å². The number of hydrogen-bond donors (Lipinski definition) is 1. The molecule has 6 heteroatoms. The van der Waals surface area contributed by atoms with Crippen molar-refractivity contribution < 1.29 is 24.2 Å². The average molecular weight is 333 g/mol. The molecule has 6 nitrogen and oxygen atoms in total. The number of rotatable bonds is 5. The number of carbonyl (C=O) groups excluding carboxylic acids is 1. The number of carbonyl (C=O) groups is 2. The molecular weight excluding hydrogens is 310 g/mol. The first-order valence-corrected chi connectivity index (χ1v) is 8.28. The van der Waals surface area contributed by atoms with Gasteiger partial charge in [0.1, 0.15) is 17.5 Å². The summed E-state index contributed by atoms with van der Waals surface area (Å²) >= 11 is 0. The van der Waals surface area contributed by atoms with Gasteiger partial charge in [-0.25, -0.2) is 4.79 Å². The van der Waals surface area contributed by atoms with Gasteiger partial charge in [-0.3, -0.25) is 4.79 Å². The molecule has 0 spiro atoms. The van der Waals surface area contributed by atoms with Crippen LogP contribution in [-0.4, -0.2) is 48.7 Å². The molecule has 1 aliphatic heterocycles. The fourth-order valence-corrected chi connectivity index (χ4v) is 4.16. The number of amides is 1. The van der Waals surface area contributed by atoms with Crippen molar-refractivity contribution in [1.29, 1.82) is 0 Å². The fourth-order valence-electron chi connectivity index (χ4n) is 4.16.